The molecule has 0 saturated carbocycles. The van der Waals surface area contributed by atoms with Crippen LogP contribution >= 0.6 is 0 Å². The van der Waals surface area contributed by atoms with Crippen LogP contribution in [0, 0.1) is 5.92 Å². The Hall–Kier alpha value is -1.39. The zero-order valence-electron chi connectivity index (χ0n) is 12.6. The van der Waals surface area contributed by atoms with E-state index in [1.807, 2.05) is 0 Å². The van der Waals surface area contributed by atoms with Crippen LogP contribution in [0.5, 0.6) is 0 Å². The minimum Gasteiger partial charge on any atom is -0.352 e. The second-order valence-electron chi connectivity index (χ2n) is 6.22. The average Bonchev–Trinajstić information content (AvgIpc) is 2.99. The lowest BCUT2D eigenvalue weighted by molar-refractivity contribution is -0.121. The van der Waals surface area contributed by atoms with Gasteiger partial charge < -0.3 is 16.0 Å². The summed E-state index contributed by atoms with van der Waals surface area (Å²) >= 11 is 0. The number of rotatable bonds is 5. The first-order chi connectivity index (χ1) is 10.3. The second kappa shape index (κ2) is 7.05. The molecule has 3 N–H and O–H groups in total. The third-order valence-corrected chi connectivity index (χ3v) is 4.63. The van der Waals surface area contributed by atoms with E-state index in [9.17, 15) is 4.79 Å². The number of amides is 1. The SMILES string of the molecule is O=C(CCC1CCNCC1)NCc1ccc2c(c1)CNC2. The van der Waals surface area contributed by atoms with Crippen molar-refractivity contribution in [2.45, 2.75) is 45.3 Å². The summed E-state index contributed by atoms with van der Waals surface area (Å²) in [5.74, 6) is 0.912. The maximum absolute atomic E-state index is 12.0. The third kappa shape index (κ3) is 4.05. The minimum atomic E-state index is 0.187. The molecule has 0 spiro atoms. The lowest BCUT2D eigenvalue weighted by Crippen LogP contribution is -2.29. The molecule has 1 saturated heterocycles. The Balaban J connectivity index is 1.41. The Morgan fingerprint density at radius 2 is 1.95 bits per heavy atom. The Morgan fingerprint density at radius 3 is 2.81 bits per heavy atom. The summed E-state index contributed by atoms with van der Waals surface area (Å²) in [6, 6.07) is 6.51. The highest BCUT2D eigenvalue weighted by Gasteiger charge is 2.14. The van der Waals surface area contributed by atoms with Crippen molar-refractivity contribution < 1.29 is 4.79 Å². The molecule has 3 rings (SSSR count). The molecule has 114 valence electrons. The number of carbonyl (C=O) groups excluding carboxylic acids is 1. The summed E-state index contributed by atoms with van der Waals surface area (Å²) in [7, 11) is 0. The molecule has 1 fully saturated rings. The quantitative estimate of drug-likeness (QED) is 0.772. The van der Waals surface area contributed by atoms with Gasteiger partial charge in [0.1, 0.15) is 0 Å². The molecule has 0 unspecified atom stereocenters. The Bertz CT molecular complexity index is 495. The summed E-state index contributed by atoms with van der Waals surface area (Å²) in [5, 5.41) is 9.76. The van der Waals surface area contributed by atoms with Crippen LogP contribution in [0.15, 0.2) is 18.2 Å². The van der Waals surface area contributed by atoms with Gasteiger partial charge in [-0.3, -0.25) is 4.79 Å². The van der Waals surface area contributed by atoms with Gasteiger partial charge in [0, 0.05) is 26.1 Å². The molecule has 2 aliphatic rings. The lowest BCUT2D eigenvalue weighted by atomic mass is 9.93. The van der Waals surface area contributed by atoms with E-state index in [2.05, 4.69) is 34.1 Å². The van der Waals surface area contributed by atoms with Gasteiger partial charge >= 0.3 is 0 Å². The van der Waals surface area contributed by atoms with Gasteiger partial charge in [0.05, 0.1) is 0 Å². The second-order valence-corrected chi connectivity index (χ2v) is 6.22. The standard InChI is InChI=1S/C17H25N3O/c21-17(4-2-13-5-7-18-8-6-13)20-10-14-1-3-15-11-19-12-16(15)9-14/h1,3,9,13,18-19H,2,4-8,10-12H2,(H,20,21). The average molecular weight is 287 g/mol. The van der Waals surface area contributed by atoms with Gasteiger partial charge in [-0.15, -0.1) is 0 Å². The van der Waals surface area contributed by atoms with Crippen molar-refractivity contribution in [1.82, 2.24) is 16.0 Å². The first kappa shape index (κ1) is 14.5. The predicted molar refractivity (Wildman–Crippen MR) is 83.7 cm³/mol. The van der Waals surface area contributed by atoms with Gasteiger partial charge in [-0.05, 0) is 55.0 Å². The largest absolute Gasteiger partial charge is 0.352 e. The van der Waals surface area contributed by atoms with Crippen molar-refractivity contribution in [2.24, 2.45) is 5.92 Å². The van der Waals surface area contributed by atoms with Crippen LogP contribution in [0.4, 0.5) is 0 Å². The Morgan fingerprint density at radius 1 is 1.14 bits per heavy atom. The highest BCUT2D eigenvalue weighted by atomic mass is 16.1. The normalized spacial score (nSPS) is 18.5. The van der Waals surface area contributed by atoms with E-state index in [0.29, 0.717) is 13.0 Å². The molecule has 0 aliphatic carbocycles. The maximum Gasteiger partial charge on any atom is 0.220 e. The number of fused-ring (bicyclic) bond motifs is 1. The molecular formula is C17H25N3O. The molecule has 0 bridgehead atoms. The molecule has 0 aromatic heterocycles. The number of hydrogen-bond acceptors (Lipinski definition) is 3. The molecule has 21 heavy (non-hydrogen) atoms. The predicted octanol–water partition coefficient (Wildman–Crippen LogP) is 1.69. The van der Waals surface area contributed by atoms with E-state index >= 15 is 0 Å². The van der Waals surface area contributed by atoms with Crippen LogP contribution in [-0.2, 0) is 24.4 Å². The Labute approximate surface area is 126 Å². The van der Waals surface area contributed by atoms with Crippen molar-refractivity contribution in [3.8, 4) is 0 Å². The number of hydrogen-bond donors (Lipinski definition) is 3. The summed E-state index contributed by atoms with van der Waals surface area (Å²) in [4.78, 5) is 12.0. The van der Waals surface area contributed by atoms with Gasteiger partial charge in [-0.1, -0.05) is 18.2 Å². The molecule has 4 heteroatoms. The number of nitrogens with one attached hydrogen (secondary N) is 3. The fraction of sp³-hybridized carbons (Fsp3) is 0.588. The van der Waals surface area contributed by atoms with Gasteiger partial charge in [0.25, 0.3) is 0 Å². The van der Waals surface area contributed by atoms with Crippen LogP contribution in [0.1, 0.15) is 42.4 Å². The van der Waals surface area contributed by atoms with E-state index in [1.54, 1.807) is 0 Å². The maximum atomic E-state index is 12.0. The third-order valence-electron chi connectivity index (χ3n) is 4.63. The molecular weight excluding hydrogens is 262 g/mol. The molecule has 2 aliphatic heterocycles. The summed E-state index contributed by atoms with van der Waals surface area (Å²) < 4.78 is 0. The van der Waals surface area contributed by atoms with Crippen molar-refractivity contribution in [3.05, 3.63) is 34.9 Å². The van der Waals surface area contributed by atoms with E-state index in [4.69, 9.17) is 0 Å². The van der Waals surface area contributed by atoms with Crippen molar-refractivity contribution in [3.63, 3.8) is 0 Å². The fourth-order valence-corrected chi connectivity index (χ4v) is 3.25. The topological polar surface area (TPSA) is 53.2 Å². The molecule has 0 radical (unpaired) electrons. The van der Waals surface area contributed by atoms with Crippen LogP contribution in [-0.4, -0.2) is 19.0 Å². The van der Waals surface area contributed by atoms with Gasteiger partial charge in [-0.2, -0.15) is 0 Å². The van der Waals surface area contributed by atoms with E-state index < -0.39 is 0 Å². The fourth-order valence-electron chi connectivity index (χ4n) is 3.25. The van der Waals surface area contributed by atoms with Gasteiger partial charge in [0.2, 0.25) is 5.91 Å². The van der Waals surface area contributed by atoms with Gasteiger partial charge in [-0.25, -0.2) is 0 Å². The Kier molecular flexibility index (Phi) is 4.88. The van der Waals surface area contributed by atoms with Crippen molar-refractivity contribution >= 4 is 5.91 Å². The zero-order chi connectivity index (χ0) is 14.5. The number of carbonyl (C=O) groups is 1. The molecule has 4 nitrogen and oxygen atoms in total. The van der Waals surface area contributed by atoms with Crippen LogP contribution in [0.3, 0.4) is 0 Å². The van der Waals surface area contributed by atoms with Crippen LogP contribution in [0.25, 0.3) is 0 Å². The first-order valence-corrected chi connectivity index (χ1v) is 8.10. The summed E-state index contributed by atoms with van der Waals surface area (Å²) in [6.07, 6.45) is 4.12. The molecule has 0 atom stereocenters. The monoisotopic (exact) mass is 287 g/mol. The minimum absolute atomic E-state index is 0.187. The number of piperidine rings is 1. The molecule has 2 heterocycles. The molecule has 1 aromatic rings. The highest BCUT2D eigenvalue weighted by molar-refractivity contribution is 5.75. The van der Waals surface area contributed by atoms with Gasteiger partial charge in [0.15, 0.2) is 0 Å². The summed E-state index contributed by atoms with van der Waals surface area (Å²) in [5.41, 5.74) is 3.96. The smallest absolute Gasteiger partial charge is 0.220 e. The first-order valence-electron chi connectivity index (χ1n) is 8.10. The highest BCUT2D eigenvalue weighted by Crippen LogP contribution is 2.18. The zero-order valence-corrected chi connectivity index (χ0v) is 12.6. The van der Waals surface area contributed by atoms with E-state index in [1.165, 1.54) is 29.5 Å². The molecule has 1 aromatic carbocycles. The van der Waals surface area contributed by atoms with Crippen molar-refractivity contribution in [1.29, 1.82) is 0 Å². The lowest BCUT2D eigenvalue weighted by Gasteiger charge is -2.22. The number of benzene rings is 1. The molecule has 1 amide bonds. The van der Waals surface area contributed by atoms with E-state index in [-0.39, 0.29) is 5.91 Å². The van der Waals surface area contributed by atoms with Crippen molar-refractivity contribution in [2.75, 3.05) is 13.1 Å². The van der Waals surface area contributed by atoms with E-state index in [0.717, 1.165) is 38.5 Å². The van der Waals surface area contributed by atoms with Crippen LogP contribution < -0.4 is 16.0 Å². The summed E-state index contributed by atoms with van der Waals surface area (Å²) in [6.45, 7) is 4.79. The van der Waals surface area contributed by atoms with Crippen LogP contribution in [0.2, 0.25) is 0 Å².